The minimum absolute atomic E-state index is 0.187. The van der Waals surface area contributed by atoms with Gasteiger partial charge in [0, 0.05) is 5.39 Å². The SMILES string of the molecule is COc1ccc(Cn2nc(NC(=O)OC(C)C)c3ccccc32)cc1. The molecule has 1 amide bonds. The second-order valence-electron chi connectivity index (χ2n) is 5.95. The first-order valence-corrected chi connectivity index (χ1v) is 8.13. The summed E-state index contributed by atoms with van der Waals surface area (Å²) in [5.74, 6) is 1.31. The molecule has 0 fully saturated rings. The molecule has 0 aliphatic carbocycles. The largest absolute Gasteiger partial charge is 0.497 e. The van der Waals surface area contributed by atoms with Crippen molar-refractivity contribution < 1.29 is 14.3 Å². The molecule has 1 aromatic heterocycles. The Morgan fingerprint density at radius 3 is 2.56 bits per heavy atom. The van der Waals surface area contributed by atoms with E-state index < -0.39 is 6.09 Å². The number of aromatic nitrogens is 2. The molecule has 3 rings (SSSR count). The van der Waals surface area contributed by atoms with Crippen LogP contribution in [-0.4, -0.2) is 29.1 Å². The van der Waals surface area contributed by atoms with Crippen molar-refractivity contribution in [3.05, 3.63) is 54.1 Å². The number of hydrogen-bond donors (Lipinski definition) is 1. The Bertz CT molecular complexity index is 869. The zero-order valence-corrected chi connectivity index (χ0v) is 14.5. The van der Waals surface area contributed by atoms with E-state index in [0.29, 0.717) is 12.4 Å². The number of anilines is 1. The van der Waals surface area contributed by atoms with Crippen LogP contribution in [0.4, 0.5) is 10.6 Å². The number of hydrogen-bond acceptors (Lipinski definition) is 4. The summed E-state index contributed by atoms with van der Waals surface area (Å²) in [4.78, 5) is 11.9. The number of nitrogens with zero attached hydrogens (tertiary/aromatic N) is 2. The van der Waals surface area contributed by atoms with Gasteiger partial charge in [-0.2, -0.15) is 5.10 Å². The smallest absolute Gasteiger partial charge is 0.413 e. The van der Waals surface area contributed by atoms with Crippen LogP contribution in [-0.2, 0) is 11.3 Å². The number of methoxy groups -OCH3 is 1. The molecule has 25 heavy (non-hydrogen) atoms. The number of fused-ring (bicyclic) bond motifs is 1. The number of para-hydroxylation sites is 1. The molecule has 0 spiro atoms. The molecule has 0 saturated carbocycles. The minimum Gasteiger partial charge on any atom is -0.497 e. The third kappa shape index (κ3) is 3.91. The van der Waals surface area contributed by atoms with Gasteiger partial charge in [-0.05, 0) is 43.7 Å². The molecule has 0 aliphatic rings. The van der Waals surface area contributed by atoms with Crippen molar-refractivity contribution >= 4 is 22.8 Å². The van der Waals surface area contributed by atoms with Gasteiger partial charge in [-0.25, -0.2) is 4.79 Å². The lowest BCUT2D eigenvalue weighted by Gasteiger charge is -2.07. The maximum absolute atomic E-state index is 11.9. The fraction of sp³-hybridized carbons (Fsp3) is 0.263. The van der Waals surface area contributed by atoms with Crippen molar-refractivity contribution in [1.29, 1.82) is 0 Å². The van der Waals surface area contributed by atoms with Gasteiger partial charge >= 0.3 is 6.09 Å². The van der Waals surface area contributed by atoms with E-state index in [2.05, 4.69) is 10.4 Å². The maximum atomic E-state index is 11.9. The van der Waals surface area contributed by atoms with Crippen LogP contribution < -0.4 is 10.1 Å². The van der Waals surface area contributed by atoms with Gasteiger partial charge in [0.25, 0.3) is 0 Å². The average molecular weight is 339 g/mol. The maximum Gasteiger partial charge on any atom is 0.413 e. The molecule has 6 nitrogen and oxygen atoms in total. The Hall–Kier alpha value is -3.02. The lowest BCUT2D eigenvalue weighted by molar-refractivity contribution is 0.130. The van der Waals surface area contributed by atoms with Crippen molar-refractivity contribution in [3.8, 4) is 5.75 Å². The average Bonchev–Trinajstić information content (AvgIpc) is 2.92. The fourth-order valence-corrected chi connectivity index (χ4v) is 2.58. The summed E-state index contributed by atoms with van der Waals surface area (Å²) in [6, 6.07) is 15.6. The fourth-order valence-electron chi connectivity index (χ4n) is 2.58. The van der Waals surface area contributed by atoms with Gasteiger partial charge < -0.3 is 9.47 Å². The Labute approximate surface area is 146 Å². The van der Waals surface area contributed by atoms with Crippen LogP contribution in [0.15, 0.2) is 48.5 Å². The van der Waals surface area contributed by atoms with Gasteiger partial charge in [-0.15, -0.1) is 0 Å². The van der Waals surface area contributed by atoms with Crippen molar-refractivity contribution in [2.24, 2.45) is 0 Å². The van der Waals surface area contributed by atoms with E-state index >= 15 is 0 Å². The highest BCUT2D eigenvalue weighted by Crippen LogP contribution is 2.24. The molecule has 0 saturated heterocycles. The number of ether oxygens (including phenoxy) is 2. The molecular formula is C19H21N3O3. The number of amides is 1. The van der Waals surface area contributed by atoms with Crippen LogP contribution in [0.3, 0.4) is 0 Å². The summed E-state index contributed by atoms with van der Waals surface area (Å²) in [5, 5.41) is 8.15. The van der Waals surface area contributed by atoms with Gasteiger partial charge in [-0.3, -0.25) is 10.00 Å². The van der Waals surface area contributed by atoms with Crippen LogP contribution in [0.1, 0.15) is 19.4 Å². The van der Waals surface area contributed by atoms with Crippen molar-refractivity contribution in [2.45, 2.75) is 26.5 Å². The van der Waals surface area contributed by atoms with Crippen LogP contribution in [0, 0.1) is 0 Å². The molecular weight excluding hydrogens is 318 g/mol. The summed E-state index contributed by atoms with van der Waals surface area (Å²) < 4.78 is 12.2. The first-order chi connectivity index (χ1) is 12.1. The predicted octanol–water partition coefficient (Wildman–Crippen LogP) is 4.05. The molecule has 1 heterocycles. The molecule has 0 unspecified atom stereocenters. The third-order valence-corrected chi connectivity index (χ3v) is 3.71. The molecule has 0 aliphatic heterocycles. The second kappa shape index (κ2) is 7.25. The Balaban J connectivity index is 1.88. The van der Waals surface area contributed by atoms with Crippen LogP contribution in [0.2, 0.25) is 0 Å². The lowest BCUT2D eigenvalue weighted by Crippen LogP contribution is -2.18. The summed E-state index contributed by atoms with van der Waals surface area (Å²) in [7, 11) is 1.64. The van der Waals surface area contributed by atoms with Crippen molar-refractivity contribution in [3.63, 3.8) is 0 Å². The molecule has 0 radical (unpaired) electrons. The molecule has 0 bridgehead atoms. The lowest BCUT2D eigenvalue weighted by atomic mass is 10.2. The van der Waals surface area contributed by atoms with E-state index in [0.717, 1.165) is 22.2 Å². The number of carbonyl (C=O) groups is 1. The van der Waals surface area contributed by atoms with E-state index in [1.54, 1.807) is 21.0 Å². The molecule has 2 aromatic carbocycles. The van der Waals surface area contributed by atoms with E-state index in [9.17, 15) is 4.79 Å². The van der Waals surface area contributed by atoms with Gasteiger partial charge in [0.1, 0.15) is 5.75 Å². The Morgan fingerprint density at radius 2 is 1.88 bits per heavy atom. The van der Waals surface area contributed by atoms with Crippen molar-refractivity contribution in [1.82, 2.24) is 9.78 Å². The number of carbonyl (C=O) groups excluding carboxylic acids is 1. The molecule has 1 N–H and O–H groups in total. The normalized spacial score (nSPS) is 10.9. The number of rotatable bonds is 5. The minimum atomic E-state index is -0.505. The predicted molar refractivity (Wildman–Crippen MR) is 97.1 cm³/mol. The van der Waals surface area contributed by atoms with E-state index in [1.807, 2.05) is 53.2 Å². The van der Waals surface area contributed by atoms with Gasteiger partial charge in [0.15, 0.2) is 5.82 Å². The summed E-state index contributed by atoms with van der Waals surface area (Å²) in [6.07, 6.45) is -0.692. The quantitative estimate of drug-likeness (QED) is 0.761. The summed E-state index contributed by atoms with van der Waals surface area (Å²) in [5.41, 5.74) is 2.03. The first-order valence-electron chi connectivity index (χ1n) is 8.13. The third-order valence-electron chi connectivity index (χ3n) is 3.71. The van der Waals surface area contributed by atoms with Crippen LogP contribution in [0.5, 0.6) is 5.75 Å². The zero-order chi connectivity index (χ0) is 17.8. The summed E-state index contributed by atoms with van der Waals surface area (Å²) >= 11 is 0. The Morgan fingerprint density at radius 1 is 1.16 bits per heavy atom. The number of nitrogens with one attached hydrogen (secondary N) is 1. The highest BCUT2D eigenvalue weighted by atomic mass is 16.6. The van der Waals surface area contributed by atoms with E-state index in [1.165, 1.54) is 0 Å². The van der Waals surface area contributed by atoms with E-state index in [-0.39, 0.29) is 6.10 Å². The van der Waals surface area contributed by atoms with Gasteiger partial charge in [-0.1, -0.05) is 24.3 Å². The molecule has 3 aromatic rings. The van der Waals surface area contributed by atoms with Gasteiger partial charge in [0.05, 0.1) is 25.3 Å². The first kappa shape index (κ1) is 16.8. The van der Waals surface area contributed by atoms with Crippen LogP contribution in [0.25, 0.3) is 10.9 Å². The highest BCUT2D eigenvalue weighted by molar-refractivity contribution is 5.97. The molecule has 0 atom stereocenters. The highest BCUT2D eigenvalue weighted by Gasteiger charge is 2.14. The second-order valence-corrected chi connectivity index (χ2v) is 5.95. The monoisotopic (exact) mass is 339 g/mol. The zero-order valence-electron chi connectivity index (χ0n) is 14.5. The van der Waals surface area contributed by atoms with Crippen LogP contribution >= 0.6 is 0 Å². The Kier molecular flexibility index (Phi) is 4.88. The number of benzene rings is 2. The van der Waals surface area contributed by atoms with Gasteiger partial charge in [0.2, 0.25) is 0 Å². The van der Waals surface area contributed by atoms with Crippen molar-refractivity contribution in [2.75, 3.05) is 12.4 Å². The molecule has 130 valence electrons. The standard InChI is InChI=1S/C19H21N3O3/c1-13(2)25-19(23)20-18-16-6-4-5-7-17(16)22(21-18)12-14-8-10-15(24-3)11-9-14/h4-11,13H,12H2,1-3H3,(H,20,21,23). The summed E-state index contributed by atoms with van der Waals surface area (Å²) in [6.45, 7) is 4.20. The molecule has 6 heteroatoms. The topological polar surface area (TPSA) is 65.4 Å². The van der Waals surface area contributed by atoms with E-state index in [4.69, 9.17) is 9.47 Å².